The van der Waals surface area contributed by atoms with Crippen LogP contribution in [-0.2, 0) is 48.5 Å². The second-order valence-electron chi connectivity index (χ2n) is 1.54. The molecule has 0 saturated carbocycles. The van der Waals surface area contributed by atoms with Crippen molar-refractivity contribution >= 4 is 20.4 Å². The Hall–Kier alpha value is -0.991. The normalized spacial score (nSPS) is 12.8. The van der Waals surface area contributed by atoms with E-state index < -0.39 is 0 Å². The van der Waals surface area contributed by atoms with Gasteiger partial charge in [0.05, 0.1) is 0 Å². The first-order valence-corrected chi connectivity index (χ1v) is 3.53. The molecule has 0 fully saturated rings. The molecule has 3 nitrogen and oxygen atoms in total. The summed E-state index contributed by atoms with van der Waals surface area (Å²) in [4.78, 5) is 24.0. The van der Waals surface area contributed by atoms with Crippen LogP contribution in [0.3, 0.4) is 0 Å². The van der Waals surface area contributed by atoms with E-state index in [2.05, 4.69) is 0 Å². The Labute approximate surface area is 117 Å². The van der Waals surface area contributed by atoms with Gasteiger partial charge in [0.15, 0.2) is 0 Å². The van der Waals surface area contributed by atoms with E-state index in [4.69, 9.17) is 14.4 Å². The van der Waals surface area contributed by atoms with Crippen LogP contribution in [-0.4, -0.2) is 20.4 Å². The Bertz CT molecular complexity index is 151. The molecular weight excluding hydrogens is 292 g/mol. The molecule has 16 heavy (non-hydrogen) atoms. The van der Waals surface area contributed by atoms with Gasteiger partial charge >= 0.3 is 0 Å². The molecule has 0 spiro atoms. The predicted octanol–water partition coefficient (Wildman–Crippen LogP) is 1.67. The molecule has 0 aromatic carbocycles. The quantitative estimate of drug-likeness (QED) is 0.640. The number of hydrogen-bond acceptors (Lipinski definition) is 3. The topological polar surface area (TPSA) is 51.2 Å². The first kappa shape index (κ1) is 29.4. The third-order valence-electron chi connectivity index (χ3n) is 0.889. The molecular formula is C11H14Fe2O3. The number of rotatable bonds is 0. The third-order valence-corrected chi connectivity index (χ3v) is 0.889. The van der Waals surface area contributed by atoms with E-state index in [0.29, 0.717) is 0 Å². The maximum atomic E-state index is 8.00. The van der Waals surface area contributed by atoms with E-state index in [1.54, 1.807) is 0 Å². The van der Waals surface area contributed by atoms with Crippen LogP contribution < -0.4 is 0 Å². The molecule has 0 aromatic rings. The fourth-order valence-corrected chi connectivity index (χ4v) is 0.513. The van der Waals surface area contributed by atoms with E-state index in [9.17, 15) is 0 Å². The van der Waals surface area contributed by atoms with Crippen molar-refractivity contribution in [2.75, 3.05) is 0 Å². The first-order valence-electron chi connectivity index (χ1n) is 3.53. The minimum Gasteiger partial charge on any atom is -0.307 e. The molecule has 1 aliphatic carbocycles. The molecule has 0 saturated heterocycles. The van der Waals surface area contributed by atoms with Crippen molar-refractivity contribution in [1.29, 1.82) is 0 Å². The summed E-state index contributed by atoms with van der Waals surface area (Å²) in [5.74, 6) is 0. The summed E-state index contributed by atoms with van der Waals surface area (Å²) in [6.07, 6.45) is 16.0. The molecule has 0 atom stereocenters. The summed E-state index contributed by atoms with van der Waals surface area (Å²) in [5.41, 5.74) is 0. The molecule has 92 valence electrons. The van der Waals surface area contributed by atoms with Crippen molar-refractivity contribution in [2.45, 2.75) is 0 Å². The number of carbonyl (C=O) groups excluding carboxylic acids is 3. The van der Waals surface area contributed by atoms with Crippen molar-refractivity contribution < 1.29 is 48.5 Å². The van der Waals surface area contributed by atoms with Gasteiger partial charge in [-0.2, -0.15) is 0 Å². The number of allylic oxidation sites excluding steroid dienone is 8. The standard InChI is InChI=1S/C8H8.3CH2O.2Fe/c1-2-4-6-8-7-5-3-1;3*1-2;;/h1-8H;3*1H2;;/b2-1-,3-1?,4-2?,5-3-,6-4?,7-5?,8-6?,8-7?;;;;;. The van der Waals surface area contributed by atoms with Crippen LogP contribution in [0.25, 0.3) is 0 Å². The minimum atomic E-state index is 0. The van der Waals surface area contributed by atoms with Crippen molar-refractivity contribution in [3.63, 3.8) is 0 Å². The second kappa shape index (κ2) is 48.3. The SMILES string of the molecule is C1=C/C=C\C=C/C=C1.C=O.C=O.C=O.[Fe].[Fe]. The Morgan fingerprint density at radius 1 is 0.375 bits per heavy atom. The van der Waals surface area contributed by atoms with Crippen LogP contribution in [0.2, 0.25) is 0 Å². The molecule has 0 radical (unpaired) electrons. The summed E-state index contributed by atoms with van der Waals surface area (Å²) in [6.45, 7) is 6.00. The van der Waals surface area contributed by atoms with Crippen molar-refractivity contribution in [3.8, 4) is 0 Å². The van der Waals surface area contributed by atoms with Gasteiger partial charge in [0.1, 0.15) is 20.4 Å². The molecule has 0 amide bonds. The van der Waals surface area contributed by atoms with E-state index in [-0.39, 0.29) is 34.1 Å². The van der Waals surface area contributed by atoms with Gasteiger partial charge in [0.2, 0.25) is 0 Å². The average molecular weight is 306 g/mol. The van der Waals surface area contributed by atoms with E-state index in [0.717, 1.165) is 0 Å². The molecule has 0 aromatic heterocycles. The minimum absolute atomic E-state index is 0. The molecule has 0 unspecified atom stereocenters. The van der Waals surface area contributed by atoms with Gasteiger partial charge in [0, 0.05) is 34.1 Å². The average Bonchev–Trinajstić information content (AvgIpc) is 2.26. The first-order chi connectivity index (χ1) is 7.00. The van der Waals surface area contributed by atoms with Crippen molar-refractivity contribution in [2.24, 2.45) is 0 Å². The Kier molecular flexibility index (Phi) is 88.7. The molecule has 5 heteroatoms. The van der Waals surface area contributed by atoms with Crippen molar-refractivity contribution in [3.05, 3.63) is 48.6 Å². The van der Waals surface area contributed by atoms with Crippen LogP contribution in [0.4, 0.5) is 0 Å². The summed E-state index contributed by atoms with van der Waals surface area (Å²) >= 11 is 0. The van der Waals surface area contributed by atoms with Crippen molar-refractivity contribution in [1.82, 2.24) is 0 Å². The van der Waals surface area contributed by atoms with Gasteiger partial charge in [-0.1, -0.05) is 48.6 Å². The van der Waals surface area contributed by atoms with E-state index in [1.165, 1.54) is 0 Å². The molecule has 1 aliphatic rings. The smallest absolute Gasteiger partial charge is 0.106 e. The molecule has 0 aliphatic heterocycles. The van der Waals surface area contributed by atoms with Gasteiger partial charge in [-0.15, -0.1) is 0 Å². The largest absolute Gasteiger partial charge is 0.307 e. The fraction of sp³-hybridized carbons (Fsp3) is 0. The van der Waals surface area contributed by atoms with E-state index >= 15 is 0 Å². The second-order valence-corrected chi connectivity index (χ2v) is 1.54. The zero-order valence-corrected chi connectivity index (χ0v) is 10.9. The number of carbonyl (C=O) groups is 3. The van der Waals surface area contributed by atoms with Gasteiger partial charge in [0.25, 0.3) is 0 Å². The molecule has 0 N–H and O–H groups in total. The number of hydrogen-bond donors (Lipinski definition) is 0. The Balaban J connectivity index is -0.0000000445. The molecule has 1 rings (SSSR count). The monoisotopic (exact) mass is 306 g/mol. The van der Waals surface area contributed by atoms with Gasteiger partial charge in [-0.25, -0.2) is 0 Å². The third kappa shape index (κ3) is 38.2. The summed E-state index contributed by atoms with van der Waals surface area (Å²) < 4.78 is 0. The maximum Gasteiger partial charge on any atom is 0.106 e. The maximum absolute atomic E-state index is 8.00. The van der Waals surface area contributed by atoms with Crippen LogP contribution in [0.15, 0.2) is 48.6 Å². The van der Waals surface area contributed by atoms with Gasteiger partial charge < -0.3 is 14.4 Å². The zero-order chi connectivity index (χ0) is 11.7. The van der Waals surface area contributed by atoms with Gasteiger partial charge in [-0.05, 0) is 0 Å². The van der Waals surface area contributed by atoms with Crippen LogP contribution in [0.1, 0.15) is 0 Å². The van der Waals surface area contributed by atoms with Gasteiger partial charge in [-0.3, -0.25) is 0 Å². The zero-order valence-electron chi connectivity index (χ0n) is 8.67. The Morgan fingerprint density at radius 2 is 0.438 bits per heavy atom. The Morgan fingerprint density at radius 3 is 0.500 bits per heavy atom. The van der Waals surface area contributed by atoms with Crippen LogP contribution >= 0.6 is 0 Å². The van der Waals surface area contributed by atoms with E-state index in [1.807, 2.05) is 69.0 Å². The molecule has 0 bridgehead atoms. The van der Waals surface area contributed by atoms with Crippen LogP contribution in [0, 0.1) is 0 Å². The summed E-state index contributed by atoms with van der Waals surface area (Å²) in [6, 6.07) is 0. The summed E-state index contributed by atoms with van der Waals surface area (Å²) in [7, 11) is 0. The predicted molar refractivity (Wildman–Crippen MR) is 57.9 cm³/mol. The fourth-order valence-electron chi connectivity index (χ4n) is 0.513. The molecule has 0 heterocycles. The van der Waals surface area contributed by atoms with Crippen LogP contribution in [0.5, 0.6) is 0 Å². The summed E-state index contributed by atoms with van der Waals surface area (Å²) in [5, 5.41) is 0.